The summed E-state index contributed by atoms with van der Waals surface area (Å²) in [5.74, 6) is -0.671. The molecule has 5 atom stereocenters. The second-order valence-electron chi connectivity index (χ2n) is 11.7. The van der Waals surface area contributed by atoms with Crippen LogP contribution >= 0.6 is 22.9 Å². The molecule has 4 N–H and O–H groups in total. The van der Waals surface area contributed by atoms with Crippen LogP contribution in [0.3, 0.4) is 0 Å². The highest BCUT2D eigenvalue weighted by Gasteiger charge is 2.59. The Morgan fingerprint density at radius 3 is 2.80 bits per heavy atom. The molecule has 0 radical (unpaired) electrons. The van der Waals surface area contributed by atoms with E-state index < -0.39 is 11.5 Å². The number of anilines is 1. The van der Waals surface area contributed by atoms with E-state index in [0.717, 1.165) is 30.2 Å². The van der Waals surface area contributed by atoms with Gasteiger partial charge < -0.3 is 20.3 Å². The van der Waals surface area contributed by atoms with Crippen molar-refractivity contribution in [2.24, 2.45) is 16.7 Å². The lowest BCUT2D eigenvalue weighted by Gasteiger charge is -2.58. The topological polar surface area (TPSA) is 137 Å². The average molecular weight is 592 g/mol. The summed E-state index contributed by atoms with van der Waals surface area (Å²) in [5.41, 5.74) is 0.128. The van der Waals surface area contributed by atoms with E-state index in [0.29, 0.717) is 49.7 Å². The Kier molecular flexibility index (Phi) is 8.80. The van der Waals surface area contributed by atoms with Crippen molar-refractivity contribution < 1.29 is 24.5 Å². The van der Waals surface area contributed by atoms with Crippen LogP contribution in [0.2, 0.25) is 5.15 Å². The summed E-state index contributed by atoms with van der Waals surface area (Å²) in [5, 5.41) is 28.1. The van der Waals surface area contributed by atoms with Crippen molar-refractivity contribution in [2.75, 3.05) is 51.3 Å². The predicted octanol–water partition coefficient (Wildman–Crippen LogP) is 2.70. The molecule has 2 aromatic rings. The molecule has 1 saturated heterocycles. The van der Waals surface area contributed by atoms with Crippen molar-refractivity contribution in [2.45, 2.75) is 51.6 Å². The smallest absolute Gasteiger partial charge is 0.257 e. The Bertz CT molecular complexity index is 1240. The number of morpholine rings is 1. The minimum atomic E-state index is -0.711. The average Bonchev–Trinajstić information content (AvgIpc) is 3.34. The van der Waals surface area contributed by atoms with Crippen LogP contribution in [-0.2, 0) is 16.0 Å². The third-order valence-electron chi connectivity index (χ3n) is 9.35. The summed E-state index contributed by atoms with van der Waals surface area (Å²) in [6, 6.07) is 3.08. The van der Waals surface area contributed by atoms with Crippen molar-refractivity contribution in [1.29, 1.82) is 0 Å². The van der Waals surface area contributed by atoms with E-state index in [1.165, 1.54) is 23.6 Å². The number of nitrogens with one attached hydrogen (secondary N) is 2. The Morgan fingerprint density at radius 1 is 1.30 bits per heavy atom. The van der Waals surface area contributed by atoms with Gasteiger partial charge in [0.1, 0.15) is 5.15 Å². The molecule has 1 aliphatic heterocycles. The molecule has 218 valence electrons. The maximum atomic E-state index is 13.3. The third kappa shape index (κ3) is 5.77. The van der Waals surface area contributed by atoms with Gasteiger partial charge in [0.25, 0.3) is 5.91 Å². The number of pyridine rings is 1. The van der Waals surface area contributed by atoms with Crippen LogP contribution in [0.1, 0.15) is 60.0 Å². The number of amides is 2. The van der Waals surface area contributed by atoms with Crippen molar-refractivity contribution in [3.63, 3.8) is 0 Å². The zero-order valence-corrected chi connectivity index (χ0v) is 24.6. The van der Waals surface area contributed by atoms with Gasteiger partial charge in [-0.15, -0.1) is 11.3 Å². The van der Waals surface area contributed by atoms with E-state index in [-0.39, 0.29) is 47.2 Å². The lowest BCUT2D eigenvalue weighted by Crippen LogP contribution is -2.57. The standard InChI is InChI=1S/C28H38ClN5O5S/c1-27-5-3-21(36)28(2,16-35)20(27)15-19-24(18(27)14-23(37)31-7-8-34-9-11-39-12-10-34)32-26(40-19)33-25(38)17-4-6-30-22(29)13-17/h4,6,13,18,20-21,35-36H,3,5,7-12,14-16H2,1-2H3,(H,31,37)(H,32,33,38). The highest BCUT2D eigenvalue weighted by atomic mass is 35.5. The monoisotopic (exact) mass is 591 g/mol. The number of hydrogen-bond acceptors (Lipinski definition) is 9. The van der Waals surface area contributed by atoms with Crippen LogP contribution in [0, 0.1) is 16.7 Å². The molecule has 0 bridgehead atoms. The summed E-state index contributed by atoms with van der Waals surface area (Å²) in [4.78, 5) is 38.3. The fraction of sp³-hybridized carbons (Fsp3) is 0.643. The molecule has 5 unspecified atom stereocenters. The lowest BCUT2D eigenvalue weighted by molar-refractivity contribution is -0.144. The maximum Gasteiger partial charge on any atom is 0.257 e. The SMILES string of the molecule is CC1(CO)C(O)CCC2(C)C(CC(=O)NCCN3CCOCC3)c3nc(NC(=O)c4ccnc(Cl)c4)sc3CC12. The van der Waals surface area contributed by atoms with E-state index in [9.17, 15) is 19.8 Å². The number of aliphatic hydroxyl groups excluding tert-OH is 2. The number of ether oxygens (including phenoxy) is 1. The molecule has 3 aliphatic rings. The van der Waals surface area contributed by atoms with Crippen molar-refractivity contribution in [3.05, 3.63) is 39.6 Å². The van der Waals surface area contributed by atoms with Gasteiger partial charge in [-0.3, -0.25) is 19.8 Å². The Hall–Kier alpha value is -2.15. The van der Waals surface area contributed by atoms with Gasteiger partial charge >= 0.3 is 0 Å². The molecule has 0 spiro atoms. The van der Waals surface area contributed by atoms with Crippen LogP contribution in [0.5, 0.6) is 0 Å². The fourth-order valence-corrected chi connectivity index (χ4v) is 8.09. The largest absolute Gasteiger partial charge is 0.396 e. The first-order chi connectivity index (χ1) is 19.1. The van der Waals surface area contributed by atoms with E-state index in [2.05, 4.69) is 27.4 Å². The zero-order valence-electron chi connectivity index (χ0n) is 23.0. The molecule has 40 heavy (non-hydrogen) atoms. The highest BCUT2D eigenvalue weighted by molar-refractivity contribution is 7.15. The molecule has 12 heteroatoms. The quantitative estimate of drug-likeness (QED) is 0.344. The molecule has 2 fully saturated rings. The lowest BCUT2D eigenvalue weighted by atomic mass is 9.47. The third-order valence-corrected chi connectivity index (χ3v) is 10.6. The van der Waals surface area contributed by atoms with Crippen LogP contribution in [0.4, 0.5) is 5.13 Å². The summed E-state index contributed by atoms with van der Waals surface area (Å²) in [6.07, 6.45) is 2.97. The zero-order chi connectivity index (χ0) is 28.5. The van der Waals surface area contributed by atoms with Gasteiger partial charge in [-0.25, -0.2) is 9.97 Å². The number of fused-ring (bicyclic) bond motifs is 2. The van der Waals surface area contributed by atoms with Crippen molar-refractivity contribution in [3.8, 4) is 0 Å². The Labute approximate surface area is 243 Å². The summed E-state index contributed by atoms with van der Waals surface area (Å²) in [7, 11) is 0. The Morgan fingerprint density at radius 2 is 2.08 bits per heavy atom. The van der Waals surface area contributed by atoms with Crippen molar-refractivity contribution >= 4 is 39.9 Å². The molecule has 2 amide bonds. The first kappa shape index (κ1) is 29.3. The normalized spacial score (nSPS) is 30.3. The first-order valence-electron chi connectivity index (χ1n) is 13.9. The molecule has 10 nitrogen and oxygen atoms in total. The minimum Gasteiger partial charge on any atom is -0.396 e. The highest BCUT2D eigenvalue weighted by Crippen LogP contribution is 2.62. The number of carbonyl (C=O) groups excluding carboxylic acids is 2. The molecule has 1 saturated carbocycles. The molecule has 5 rings (SSSR count). The fourth-order valence-electron chi connectivity index (χ4n) is 6.85. The predicted molar refractivity (Wildman–Crippen MR) is 153 cm³/mol. The van der Waals surface area contributed by atoms with E-state index in [1.807, 2.05) is 6.92 Å². The Balaban J connectivity index is 1.39. The van der Waals surface area contributed by atoms with Crippen LogP contribution in [-0.4, -0.2) is 89.0 Å². The molecule has 3 heterocycles. The van der Waals surface area contributed by atoms with Gasteiger partial charge in [0, 0.05) is 60.6 Å². The minimum absolute atomic E-state index is 0.0482. The van der Waals surface area contributed by atoms with Gasteiger partial charge in [-0.05, 0) is 42.7 Å². The van der Waals surface area contributed by atoms with E-state index in [4.69, 9.17) is 21.3 Å². The molecular weight excluding hydrogens is 554 g/mol. The van der Waals surface area contributed by atoms with Crippen LogP contribution < -0.4 is 10.6 Å². The summed E-state index contributed by atoms with van der Waals surface area (Å²) in [6.45, 7) is 8.45. The van der Waals surface area contributed by atoms with Crippen LogP contribution in [0.15, 0.2) is 18.3 Å². The summed E-state index contributed by atoms with van der Waals surface area (Å²) >= 11 is 7.36. The number of thiazole rings is 1. The molecule has 0 aromatic carbocycles. The second kappa shape index (κ2) is 12.0. The van der Waals surface area contributed by atoms with Gasteiger partial charge in [-0.2, -0.15) is 0 Å². The van der Waals surface area contributed by atoms with Crippen LogP contribution in [0.25, 0.3) is 0 Å². The van der Waals surface area contributed by atoms with E-state index >= 15 is 0 Å². The molecule has 2 aliphatic carbocycles. The van der Waals surface area contributed by atoms with Gasteiger partial charge in [0.15, 0.2) is 5.13 Å². The maximum absolute atomic E-state index is 13.3. The van der Waals surface area contributed by atoms with Gasteiger partial charge in [-0.1, -0.05) is 25.4 Å². The summed E-state index contributed by atoms with van der Waals surface area (Å²) < 4.78 is 5.41. The second-order valence-corrected chi connectivity index (χ2v) is 13.2. The number of aliphatic hydroxyl groups is 2. The number of rotatable bonds is 8. The number of nitrogens with zero attached hydrogens (tertiary/aromatic N) is 3. The number of halogens is 1. The number of aromatic nitrogens is 2. The molecule has 2 aromatic heterocycles. The number of hydrogen-bond donors (Lipinski definition) is 4. The van der Waals surface area contributed by atoms with Crippen molar-refractivity contribution in [1.82, 2.24) is 20.2 Å². The number of carbonyl (C=O) groups is 2. The first-order valence-corrected chi connectivity index (χ1v) is 15.1. The van der Waals surface area contributed by atoms with Gasteiger partial charge in [0.05, 0.1) is 31.6 Å². The van der Waals surface area contributed by atoms with Gasteiger partial charge in [0.2, 0.25) is 5.91 Å². The molecular formula is C28H38ClN5O5S. The van der Waals surface area contributed by atoms with E-state index in [1.54, 1.807) is 6.07 Å².